The SMILES string of the molecule is Cc1oc(-c2ccccc2)nc1CC(=O)N1CCN(C(=O)OC(C)(C)C)[C@H](C)[C@H]1C. The lowest BCUT2D eigenvalue weighted by Crippen LogP contribution is -2.61. The van der Waals surface area contributed by atoms with Gasteiger partial charge in [-0.25, -0.2) is 9.78 Å². The number of carbonyl (C=O) groups excluding carboxylic acids is 2. The highest BCUT2D eigenvalue weighted by atomic mass is 16.6. The number of oxazole rings is 1. The molecule has 0 unspecified atom stereocenters. The van der Waals surface area contributed by atoms with Crippen molar-refractivity contribution in [3.05, 3.63) is 41.8 Å². The Labute approximate surface area is 178 Å². The van der Waals surface area contributed by atoms with Gasteiger partial charge in [-0.1, -0.05) is 18.2 Å². The standard InChI is InChI=1S/C23H31N3O4/c1-15-16(2)26(22(28)30-23(4,5)6)13-12-25(15)20(27)14-19-17(3)29-21(24-19)18-10-8-7-9-11-18/h7-11,15-16H,12-14H2,1-6H3/t15-,16-/m1/s1. The molecule has 1 aromatic carbocycles. The second kappa shape index (κ2) is 8.50. The summed E-state index contributed by atoms with van der Waals surface area (Å²) in [6.07, 6.45) is -0.167. The van der Waals surface area contributed by atoms with Crippen LogP contribution in [0.3, 0.4) is 0 Å². The number of hydrogen-bond donors (Lipinski definition) is 0. The number of ether oxygens (including phenoxy) is 1. The first-order valence-electron chi connectivity index (χ1n) is 10.4. The van der Waals surface area contributed by atoms with E-state index in [1.807, 2.05) is 76.8 Å². The Bertz CT molecular complexity index is 901. The Kier molecular flexibility index (Phi) is 6.19. The van der Waals surface area contributed by atoms with Gasteiger partial charge in [-0.15, -0.1) is 0 Å². The molecule has 2 aromatic rings. The van der Waals surface area contributed by atoms with Crippen molar-refractivity contribution < 1.29 is 18.7 Å². The van der Waals surface area contributed by atoms with Crippen LogP contribution in [-0.4, -0.2) is 57.6 Å². The van der Waals surface area contributed by atoms with Gasteiger partial charge in [-0.05, 0) is 53.7 Å². The molecule has 2 heterocycles. The lowest BCUT2D eigenvalue weighted by molar-refractivity contribution is -0.136. The molecular weight excluding hydrogens is 382 g/mol. The number of piperazine rings is 1. The first-order valence-corrected chi connectivity index (χ1v) is 10.4. The van der Waals surface area contributed by atoms with Gasteiger partial charge < -0.3 is 19.0 Å². The molecule has 30 heavy (non-hydrogen) atoms. The first kappa shape index (κ1) is 21.9. The Morgan fingerprint density at radius 1 is 1.10 bits per heavy atom. The van der Waals surface area contributed by atoms with E-state index in [0.29, 0.717) is 30.4 Å². The average molecular weight is 414 g/mol. The molecule has 0 radical (unpaired) electrons. The smallest absolute Gasteiger partial charge is 0.410 e. The molecule has 0 N–H and O–H groups in total. The van der Waals surface area contributed by atoms with Crippen LogP contribution in [0.4, 0.5) is 4.79 Å². The highest BCUT2D eigenvalue weighted by Gasteiger charge is 2.37. The molecule has 1 fully saturated rings. The van der Waals surface area contributed by atoms with Crippen LogP contribution in [0.2, 0.25) is 0 Å². The van der Waals surface area contributed by atoms with Gasteiger partial charge in [-0.2, -0.15) is 0 Å². The Hall–Kier alpha value is -2.83. The largest absolute Gasteiger partial charge is 0.444 e. The van der Waals surface area contributed by atoms with Crippen LogP contribution < -0.4 is 0 Å². The van der Waals surface area contributed by atoms with Gasteiger partial charge in [0.1, 0.15) is 11.4 Å². The maximum atomic E-state index is 13.0. The summed E-state index contributed by atoms with van der Waals surface area (Å²) >= 11 is 0. The topological polar surface area (TPSA) is 75.9 Å². The summed E-state index contributed by atoms with van der Waals surface area (Å²) in [7, 11) is 0. The number of nitrogens with zero attached hydrogens (tertiary/aromatic N) is 3. The highest BCUT2D eigenvalue weighted by molar-refractivity contribution is 5.79. The molecule has 0 aliphatic carbocycles. The van der Waals surface area contributed by atoms with E-state index in [1.54, 1.807) is 4.90 Å². The summed E-state index contributed by atoms with van der Waals surface area (Å²) in [4.78, 5) is 33.6. The zero-order valence-electron chi connectivity index (χ0n) is 18.6. The molecule has 1 saturated heterocycles. The van der Waals surface area contributed by atoms with Gasteiger partial charge in [0.15, 0.2) is 0 Å². The summed E-state index contributed by atoms with van der Waals surface area (Å²) in [5, 5.41) is 0. The van der Waals surface area contributed by atoms with Crippen molar-refractivity contribution in [2.45, 2.75) is 65.6 Å². The van der Waals surface area contributed by atoms with Crippen LogP contribution >= 0.6 is 0 Å². The third-order valence-electron chi connectivity index (χ3n) is 5.44. The quantitative estimate of drug-likeness (QED) is 0.759. The van der Waals surface area contributed by atoms with Crippen LogP contribution in [0.5, 0.6) is 0 Å². The fraction of sp³-hybridized carbons (Fsp3) is 0.522. The fourth-order valence-corrected chi connectivity index (χ4v) is 3.61. The Balaban J connectivity index is 1.67. The van der Waals surface area contributed by atoms with E-state index in [2.05, 4.69) is 4.98 Å². The molecule has 0 bridgehead atoms. The first-order chi connectivity index (χ1) is 14.1. The molecule has 1 aromatic heterocycles. The highest BCUT2D eigenvalue weighted by Crippen LogP contribution is 2.24. The van der Waals surface area contributed by atoms with Gasteiger partial charge in [0, 0.05) is 24.7 Å². The van der Waals surface area contributed by atoms with Crippen LogP contribution in [0.1, 0.15) is 46.1 Å². The predicted molar refractivity (Wildman–Crippen MR) is 114 cm³/mol. The van der Waals surface area contributed by atoms with E-state index in [1.165, 1.54) is 0 Å². The molecule has 2 atom stereocenters. The summed E-state index contributed by atoms with van der Waals surface area (Å²) in [6.45, 7) is 12.2. The fourth-order valence-electron chi connectivity index (χ4n) is 3.61. The summed E-state index contributed by atoms with van der Waals surface area (Å²) in [6, 6.07) is 9.37. The van der Waals surface area contributed by atoms with E-state index in [9.17, 15) is 9.59 Å². The van der Waals surface area contributed by atoms with Crippen LogP contribution in [-0.2, 0) is 16.0 Å². The van der Waals surface area contributed by atoms with Crippen molar-refractivity contribution in [1.82, 2.24) is 14.8 Å². The van der Waals surface area contributed by atoms with E-state index >= 15 is 0 Å². The van der Waals surface area contributed by atoms with Gasteiger partial charge in [0.25, 0.3) is 0 Å². The van der Waals surface area contributed by atoms with Crippen LogP contribution in [0, 0.1) is 6.92 Å². The number of benzene rings is 1. The number of amides is 2. The number of aryl methyl sites for hydroxylation is 1. The molecule has 0 spiro atoms. The molecule has 3 rings (SSSR count). The van der Waals surface area contributed by atoms with Gasteiger partial charge in [-0.3, -0.25) is 4.79 Å². The van der Waals surface area contributed by atoms with E-state index in [-0.39, 0.29) is 30.5 Å². The number of carbonyl (C=O) groups is 2. The number of rotatable bonds is 3. The van der Waals surface area contributed by atoms with Gasteiger partial charge in [0.05, 0.1) is 18.2 Å². The summed E-state index contributed by atoms with van der Waals surface area (Å²) in [5.41, 5.74) is 0.981. The molecule has 162 valence electrons. The van der Waals surface area contributed by atoms with Crippen molar-refractivity contribution in [2.24, 2.45) is 0 Å². The molecule has 7 heteroatoms. The number of hydrogen-bond acceptors (Lipinski definition) is 5. The Morgan fingerprint density at radius 2 is 1.70 bits per heavy atom. The molecule has 1 aliphatic rings. The molecule has 0 saturated carbocycles. The van der Waals surface area contributed by atoms with Crippen LogP contribution in [0.15, 0.2) is 34.7 Å². The zero-order valence-corrected chi connectivity index (χ0v) is 18.6. The van der Waals surface area contributed by atoms with Crippen molar-refractivity contribution >= 4 is 12.0 Å². The molecular formula is C23H31N3O4. The van der Waals surface area contributed by atoms with Crippen molar-refractivity contribution in [1.29, 1.82) is 0 Å². The molecule has 2 amide bonds. The monoisotopic (exact) mass is 413 g/mol. The van der Waals surface area contributed by atoms with Crippen LogP contribution in [0.25, 0.3) is 11.5 Å². The minimum Gasteiger partial charge on any atom is -0.444 e. The van der Waals surface area contributed by atoms with E-state index in [0.717, 1.165) is 5.56 Å². The second-order valence-electron chi connectivity index (χ2n) is 8.81. The third-order valence-corrected chi connectivity index (χ3v) is 5.44. The number of aromatic nitrogens is 1. The normalized spacial score (nSPS) is 19.7. The minimum absolute atomic E-state index is 0.0193. The van der Waals surface area contributed by atoms with E-state index < -0.39 is 5.60 Å². The van der Waals surface area contributed by atoms with Gasteiger partial charge in [0.2, 0.25) is 11.8 Å². The predicted octanol–water partition coefficient (Wildman–Crippen LogP) is 4.05. The maximum Gasteiger partial charge on any atom is 0.410 e. The van der Waals surface area contributed by atoms with Gasteiger partial charge >= 0.3 is 6.09 Å². The minimum atomic E-state index is -0.548. The lowest BCUT2D eigenvalue weighted by Gasteiger charge is -2.45. The van der Waals surface area contributed by atoms with Crippen molar-refractivity contribution in [3.63, 3.8) is 0 Å². The second-order valence-corrected chi connectivity index (χ2v) is 8.81. The maximum absolute atomic E-state index is 13.0. The Morgan fingerprint density at radius 3 is 2.33 bits per heavy atom. The third kappa shape index (κ3) is 4.83. The molecule has 1 aliphatic heterocycles. The molecule has 7 nitrogen and oxygen atoms in total. The zero-order chi connectivity index (χ0) is 22.1. The van der Waals surface area contributed by atoms with Crippen molar-refractivity contribution in [3.8, 4) is 11.5 Å². The summed E-state index contributed by atoms with van der Waals surface area (Å²) < 4.78 is 11.3. The van der Waals surface area contributed by atoms with Crippen molar-refractivity contribution in [2.75, 3.05) is 13.1 Å². The van der Waals surface area contributed by atoms with E-state index in [4.69, 9.17) is 9.15 Å². The lowest BCUT2D eigenvalue weighted by atomic mass is 10.0. The average Bonchev–Trinajstić information content (AvgIpc) is 3.03. The summed E-state index contributed by atoms with van der Waals surface area (Å²) in [5.74, 6) is 1.15.